The van der Waals surface area contributed by atoms with Crippen LogP contribution < -0.4 is 23.0 Å². The van der Waals surface area contributed by atoms with Crippen LogP contribution in [0, 0.1) is 0 Å². The molecule has 2 amide bonds. The lowest BCUT2D eigenvalue weighted by Gasteiger charge is -2.13. The minimum atomic E-state index is -1.18. The zero-order chi connectivity index (χ0) is 17.5. The van der Waals surface area contributed by atoms with Crippen LogP contribution >= 0.6 is 0 Å². The number of hydrogen-bond acceptors (Lipinski definition) is 4. The molecule has 1 atom stereocenters. The van der Waals surface area contributed by atoms with Crippen molar-refractivity contribution in [2.75, 3.05) is 0 Å². The number of carbonyl (C=O) groups is 2. The molecule has 0 bridgehead atoms. The second-order valence-electron chi connectivity index (χ2n) is 5.32. The number of aliphatic carboxylic acids is 1. The average molecular weight is 367 g/mol. The largest absolute Gasteiger partial charge is 1.00 e. The predicted molar refractivity (Wildman–Crippen MR) is 85.5 cm³/mol. The van der Waals surface area contributed by atoms with Crippen LogP contribution in [0.5, 0.6) is 11.5 Å². The van der Waals surface area contributed by atoms with Crippen molar-refractivity contribution in [3.8, 4) is 11.5 Å². The first-order valence-electron chi connectivity index (χ1n) is 7.37. The standard InChI is InChI=1S/C17H18N2O5.ClH/c20-14-7-6-12(9-15(14)21)8-13(16(22)23)19-17(24)18-10-11-4-2-1-3-5-11;/h1-7,9,13,20-21H,8,10H2,(H,22,23)(H2,18,19,24);1H/t13-;/m0./s1. The van der Waals surface area contributed by atoms with Crippen molar-refractivity contribution in [2.45, 2.75) is 19.0 Å². The predicted octanol–water partition coefficient (Wildman–Crippen LogP) is -2.43. The highest BCUT2D eigenvalue weighted by atomic mass is 35.5. The second kappa shape index (κ2) is 9.51. The zero-order valence-corrected chi connectivity index (χ0v) is 14.0. The van der Waals surface area contributed by atoms with Crippen LogP contribution in [-0.4, -0.2) is 33.4 Å². The van der Waals surface area contributed by atoms with E-state index in [1.54, 1.807) is 0 Å². The lowest BCUT2D eigenvalue weighted by atomic mass is 10.1. The summed E-state index contributed by atoms with van der Waals surface area (Å²) in [5.41, 5.74) is 1.43. The molecule has 0 radical (unpaired) electrons. The fourth-order valence-corrected chi connectivity index (χ4v) is 2.19. The fourth-order valence-electron chi connectivity index (χ4n) is 2.19. The van der Waals surface area contributed by atoms with Gasteiger partial charge in [0.2, 0.25) is 0 Å². The highest BCUT2D eigenvalue weighted by molar-refractivity contribution is 5.79. The van der Waals surface area contributed by atoms with Crippen LogP contribution in [-0.2, 0) is 17.8 Å². The molecule has 0 unspecified atom stereocenters. The number of phenolic OH excluding ortho intramolecular Hbond substituents is 2. The Hall–Kier alpha value is -2.77. The van der Waals surface area contributed by atoms with Gasteiger partial charge in [-0.1, -0.05) is 36.4 Å². The van der Waals surface area contributed by atoms with E-state index in [1.165, 1.54) is 23.5 Å². The monoisotopic (exact) mass is 366 g/mol. The van der Waals surface area contributed by atoms with Gasteiger partial charge in [0.25, 0.3) is 0 Å². The van der Waals surface area contributed by atoms with E-state index in [1.807, 2.05) is 30.3 Å². The Balaban J connectivity index is 0.00000312. The number of carbonyl (C=O) groups excluding carboxylic acids is 1. The molecule has 2 aromatic rings. The maximum absolute atomic E-state index is 11.9. The van der Waals surface area contributed by atoms with Gasteiger partial charge in [0.1, 0.15) is 12.6 Å². The van der Waals surface area contributed by atoms with Crippen molar-refractivity contribution in [3.05, 3.63) is 59.7 Å². The zero-order valence-electron chi connectivity index (χ0n) is 13.2. The fraction of sp³-hybridized carbons (Fsp3) is 0.176. The third-order valence-electron chi connectivity index (χ3n) is 3.46. The molecule has 0 aliphatic heterocycles. The Morgan fingerprint density at radius 2 is 1.68 bits per heavy atom. The summed E-state index contributed by atoms with van der Waals surface area (Å²) in [5.74, 6) is -1.80. The first-order valence-corrected chi connectivity index (χ1v) is 7.37. The van der Waals surface area contributed by atoms with E-state index in [0.717, 1.165) is 5.56 Å². The van der Waals surface area contributed by atoms with Gasteiger partial charge in [-0.2, -0.15) is 0 Å². The van der Waals surface area contributed by atoms with Crippen LogP contribution in [0.15, 0.2) is 48.5 Å². The number of primary amides is 1. The van der Waals surface area contributed by atoms with E-state index in [9.17, 15) is 24.9 Å². The first kappa shape index (κ1) is 20.3. The summed E-state index contributed by atoms with van der Waals surface area (Å²) in [6.45, 7) is 0.402. The normalized spacial score (nSPS) is 11.2. The maximum Gasteiger partial charge on any atom is 0.414 e. The second-order valence-corrected chi connectivity index (χ2v) is 5.32. The highest BCUT2D eigenvalue weighted by Crippen LogP contribution is 2.25. The van der Waals surface area contributed by atoms with Crippen LogP contribution in [0.4, 0.5) is 4.79 Å². The average Bonchev–Trinajstić information content (AvgIpc) is 2.56. The summed E-state index contributed by atoms with van der Waals surface area (Å²) in [4.78, 5) is 23.2. The quantitative estimate of drug-likeness (QED) is 0.364. The van der Waals surface area contributed by atoms with Crippen LogP contribution in [0.2, 0.25) is 0 Å². The number of nitrogens with one attached hydrogen (secondary N) is 1. The summed E-state index contributed by atoms with van der Waals surface area (Å²) >= 11 is 0. The number of halogens is 1. The Kier molecular flexibility index (Phi) is 7.71. The number of amides is 2. The molecule has 0 spiro atoms. The number of carboxylic acids is 1. The van der Waals surface area contributed by atoms with E-state index in [4.69, 9.17) is 0 Å². The Morgan fingerprint density at radius 1 is 1.00 bits per heavy atom. The van der Waals surface area contributed by atoms with Crippen molar-refractivity contribution in [1.82, 2.24) is 5.32 Å². The smallest absolute Gasteiger partial charge is 0.414 e. The number of nitrogens with two attached hydrogens (primary N) is 1. The van der Waals surface area contributed by atoms with Crippen molar-refractivity contribution in [2.24, 2.45) is 0 Å². The van der Waals surface area contributed by atoms with E-state index >= 15 is 0 Å². The lowest BCUT2D eigenvalue weighted by molar-refractivity contribution is -0.573. The summed E-state index contributed by atoms with van der Waals surface area (Å²) in [5, 5.41) is 31.8. The minimum absolute atomic E-state index is 0. The van der Waals surface area contributed by atoms with E-state index in [2.05, 4.69) is 5.32 Å². The molecule has 2 rings (SSSR count). The van der Waals surface area contributed by atoms with Gasteiger partial charge < -0.3 is 27.7 Å². The van der Waals surface area contributed by atoms with Gasteiger partial charge in [-0.25, -0.2) is 9.59 Å². The number of phenols is 2. The van der Waals surface area contributed by atoms with Gasteiger partial charge >= 0.3 is 12.0 Å². The molecule has 0 saturated carbocycles. The van der Waals surface area contributed by atoms with E-state index in [0.29, 0.717) is 12.1 Å². The molecular weight excluding hydrogens is 348 g/mol. The number of carboxylic acid groups (broad SMARTS) is 1. The van der Waals surface area contributed by atoms with Crippen molar-refractivity contribution < 1.29 is 42.6 Å². The molecule has 25 heavy (non-hydrogen) atoms. The number of rotatable bonds is 6. The molecule has 2 aromatic carbocycles. The molecular formula is C17H19ClN2O5. The van der Waals surface area contributed by atoms with E-state index < -0.39 is 18.0 Å². The highest BCUT2D eigenvalue weighted by Gasteiger charge is 2.22. The van der Waals surface area contributed by atoms with Crippen molar-refractivity contribution >= 4 is 12.0 Å². The minimum Gasteiger partial charge on any atom is -1.00 e. The van der Waals surface area contributed by atoms with Gasteiger partial charge in [-0.3, -0.25) is 10.6 Å². The molecule has 0 aliphatic carbocycles. The molecule has 8 heteroatoms. The lowest BCUT2D eigenvalue weighted by Crippen LogP contribution is -3.00. The number of quaternary nitrogens is 1. The molecule has 6 N–H and O–H groups in total. The molecule has 0 fully saturated rings. The molecule has 7 nitrogen and oxygen atoms in total. The van der Waals surface area contributed by atoms with Crippen LogP contribution in [0.1, 0.15) is 11.1 Å². The maximum atomic E-state index is 11.9. The number of benzene rings is 2. The third kappa shape index (κ3) is 6.33. The summed E-state index contributed by atoms with van der Waals surface area (Å²) in [6.07, 6.45) is -0.00586. The van der Waals surface area contributed by atoms with Gasteiger partial charge in [0, 0.05) is 12.0 Å². The molecule has 134 valence electrons. The Morgan fingerprint density at radius 3 is 2.28 bits per heavy atom. The van der Waals surface area contributed by atoms with Crippen LogP contribution in [0.3, 0.4) is 0 Å². The molecule has 0 aliphatic rings. The van der Waals surface area contributed by atoms with Gasteiger partial charge in [-0.15, -0.1) is 0 Å². The van der Waals surface area contributed by atoms with Crippen molar-refractivity contribution in [1.29, 1.82) is 0 Å². The number of urea groups is 1. The van der Waals surface area contributed by atoms with Crippen LogP contribution in [0.25, 0.3) is 0 Å². The topological polar surface area (TPSA) is 123 Å². The summed E-state index contributed by atoms with van der Waals surface area (Å²) in [7, 11) is 0. The van der Waals surface area contributed by atoms with Gasteiger partial charge in [0.05, 0.1) is 0 Å². The molecule has 0 saturated heterocycles. The summed E-state index contributed by atoms with van der Waals surface area (Å²) in [6, 6.07) is 11.8. The first-order chi connectivity index (χ1) is 11.5. The Bertz CT molecular complexity index is 724. The SMILES string of the molecule is O=C(N[C@@H](Cc1ccc(O)c(O)c1)C(=O)O)[NH2+]Cc1ccccc1.[Cl-]. The Labute approximate surface area is 150 Å². The summed E-state index contributed by atoms with van der Waals surface area (Å²) < 4.78 is 0. The third-order valence-corrected chi connectivity index (χ3v) is 3.46. The van der Waals surface area contributed by atoms with E-state index in [-0.39, 0.29) is 30.3 Å². The number of aromatic hydroxyl groups is 2. The van der Waals surface area contributed by atoms with Gasteiger partial charge in [-0.05, 0) is 17.7 Å². The van der Waals surface area contributed by atoms with Gasteiger partial charge in [0.15, 0.2) is 11.5 Å². The molecule has 0 aromatic heterocycles. The number of hydrogen-bond donors (Lipinski definition) is 5. The molecule has 0 heterocycles. The van der Waals surface area contributed by atoms with Crippen molar-refractivity contribution in [3.63, 3.8) is 0 Å².